The number of benzene rings is 3. The second kappa shape index (κ2) is 9.02. The maximum Gasteiger partial charge on any atom is 0.271 e. The van der Waals surface area contributed by atoms with E-state index in [0.717, 1.165) is 18.2 Å². The van der Waals surface area contributed by atoms with Crippen LogP contribution < -0.4 is 14.8 Å². The van der Waals surface area contributed by atoms with E-state index in [4.69, 9.17) is 4.74 Å². The van der Waals surface area contributed by atoms with Crippen molar-refractivity contribution in [1.29, 1.82) is 0 Å². The Bertz CT molecular complexity index is 1310. The number of anilines is 2. The van der Waals surface area contributed by atoms with E-state index in [2.05, 4.69) is 10.0 Å². The number of amides is 1. The summed E-state index contributed by atoms with van der Waals surface area (Å²) in [5.41, 5.74) is 0.00106. The van der Waals surface area contributed by atoms with Crippen molar-refractivity contribution in [2.24, 2.45) is 0 Å². The molecule has 166 valence electrons. The Morgan fingerprint density at radius 1 is 1.06 bits per heavy atom. The van der Waals surface area contributed by atoms with Crippen molar-refractivity contribution < 1.29 is 27.3 Å². The van der Waals surface area contributed by atoms with Gasteiger partial charge in [-0.25, -0.2) is 12.8 Å². The molecule has 0 radical (unpaired) electrons. The van der Waals surface area contributed by atoms with E-state index < -0.39 is 26.7 Å². The van der Waals surface area contributed by atoms with Crippen molar-refractivity contribution in [3.63, 3.8) is 0 Å². The van der Waals surface area contributed by atoms with E-state index in [9.17, 15) is 27.7 Å². The number of carbonyl (C=O) groups excluding carboxylic acids is 1. The van der Waals surface area contributed by atoms with Gasteiger partial charge in [-0.1, -0.05) is 18.2 Å². The van der Waals surface area contributed by atoms with Crippen LogP contribution in [-0.2, 0) is 10.0 Å². The Labute approximate surface area is 183 Å². The van der Waals surface area contributed by atoms with Crippen LogP contribution in [0.5, 0.6) is 5.75 Å². The number of nitro groups is 1. The minimum absolute atomic E-state index is 0.000563. The van der Waals surface area contributed by atoms with Crippen LogP contribution in [0.4, 0.5) is 21.5 Å². The molecule has 9 nitrogen and oxygen atoms in total. The average Bonchev–Trinajstić information content (AvgIpc) is 2.75. The number of non-ortho nitro benzene ring substituents is 1. The number of carbonyl (C=O) groups is 1. The molecule has 1 amide bonds. The summed E-state index contributed by atoms with van der Waals surface area (Å²) in [6.45, 7) is 1.59. The van der Waals surface area contributed by atoms with Crippen molar-refractivity contribution in [2.45, 2.75) is 11.8 Å². The number of rotatable bonds is 7. The highest BCUT2D eigenvalue weighted by Crippen LogP contribution is 2.30. The van der Waals surface area contributed by atoms with E-state index in [1.807, 2.05) is 0 Å². The van der Waals surface area contributed by atoms with Crippen LogP contribution >= 0.6 is 0 Å². The number of ether oxygens (including phenoxy) is 1. The second-order valence-electron chi connectivity index (χ2n) is 6.66. The Kier molecular flexibility index (Phi) is 6.40. The maximum absolute atomic E-state index is 13.9. The fourth-order valence-corrected chi connectivity index (χ4v) is 3.97. The summed E-state index contributed by atoms with van der Waals surface area (Å²) < 4.78 is 47.2. The third kappa shape index (κ3) is 4.83. The standard InChI is InChI=1S/C21H18FN3O6S/c1-13-7-8-14(25(27)28)11-18(13)24-32(29,30)15-9-10-20(31-2)19(12-15)23-21(26)16-5-3-4-6-17(16)22/h3-12,24H,1-2H3,(H,23,26). The van der Waals surface area contributed by atoms with Gasteiger partial charge in [0.25, 0.3) is 21.6 Å². The molecule has 0 saturated heterocycles. The van der Waals surface area contributed by atoms with Gasteiger partial charge in [0.05, 0.1) is 33.9 Å². The van der Waals surface area contributed by atoms with Gasteiger partial charge in [0, 0.05) is 12.1 Å². The van der Waals surface area contributed by atoms with Crippen LogP contribution in [0.3, 0.4) is 0 Å². The molecule has 0 aromatic heterocycles. The van der Waals surface area contributed by atoms with Gasteiger partial charge < -0.3 is 10.1 Å². The zero-order valence-electron chi connectivity index (χ0n) is 17.0. The highest BCUT2D eigenvalue weighted by molar-refractivity contribution is 7.92. The molecular weight excluding hydrogens is 441 g/mol. The fraction of sp³-hybridized carbons (Fsp3) is 0.0952. The van der Waals surface area contributed by atoms with Crippen LogP contribution in [0.1, 0.15) is 15.9 Å². The Morgan fingerprint density at radius 2 is 1.78 bits per heavy atom. The highest BCUT2D eigenvalue weighted by atomic mass is 32.2. The summed E-state index contributed by atoms with van der Waals surface area (Å²) in [6.07, 6.45) is 0. The molecule has 0 heterocycles. The largest absolute Gasteiger partial charge is 0.495 e. The number of sulfonamides is 1. The van der Waals surface area contributed by atoms with Crippen molar-refractivity contribution in [2.75, 3.05) is 17.1 Å². The number of nitro benzene ring substituents is 1. The lowest BCUT2D eigenvalue weighted by atomic mass is 10.2. The minimum Gasteiger partial charge on any atom is -0.495 e. The van der Waals surface area contributed by atoms with Crippen molar-refractivity contribution in [3.8, 4) is 5.75 Å². The van der Waals surface area contributed by atoms with Crippen LogP contribution in [0, 0.1) is 22.9 Å². The lowest BCUT2D eigenvalue weighted by Gasteiger charge is -2.14. The van der Waals surface area contributed by atoms with Gasteiger partial charge in [-0.15, -0.1) is 0 Å². The number of halogens is 1. The fourth-order valence-electron chi connectivity index (χ4n) is 2.82. The monoisotopic (exact) mass is 459 g/mol. The smallest absolute Gasteiger partial charge is 0.271 e. The third-order valence-electron chi connectivity index (χ3n) is 4.52. The molecule has 11 heteroatoms. The van der Waals surface area contributed by atoms with Gasteiger partial charge in [-0.2, -0.15) is 0 Å². The van der Waals surface area contributed by atoms with Gasteiger partial charge in [-0.3, -0.25) is 19.6 Å². The molecule has 32 heavy (non-hydrogen) atoms. The molecule has 3 rings (SSSR count). The summed E-state index contributed by atoms with van der Waals surface area (Å²) in [4.78, 5) is 22.6. The first-order chi connectivity index (χ1) is 15.1. The van der Waals surface area contributed by atoms with Gasteiger partial charge in [0.1, 0.15) is 11.6 Å². The van der Waals surface area contributed by atoms with Crippen LogP contribution in [0.25, 0.3) is 0 Å². The molecule has 3 aromatic rings. The van der Waals surface area contributed by atoms with Gasteiger partial charge in [0.2, 0.25) is 0 Å². The normalized spacial score (nSPS) is 11.0. The highest BCUT2D eigenvalue weighted by Gasteiger charge is 2.21. The van der Waals surface area contributed by atoms with Crippen molar-refractivity contribution >= 4 is 33.0 Å². The minimum atomic E-state index is -4.19. The molecule has 0 aliphatic carbocycles. The lowest BCUT2D eigenvalue weighted by molar-refractivity contribution is -0.384. The Balaban J connectivity index is 1.95. The molecule has 2 N–H and O–H groups in total. The number of aryl methyl sites for hydroxylation is 1. The molecule has 0 spiro atoms. The lowest BCUT2D eigenvalue weighted by Crippen LogP contribution is -2.17. The average molecular weight is 459 g/mol. The van der Waals surface area contributed by atoms with Crippen molar-refractivity contribution in [3.05, 3.63) is 87.7 Å². The zero-order chi connectivity index (χ0) is 23.5. The summed E-state index contributed by atoms with van der Waals surface area (Å²) >= 11 is 0. The Hall–Kier alpha value is -3.99. The SMILES string of the molecule is COc1ccc(S(=O)(=O)Nc2cc([N+](=O)[O-])ccc2C)cc1NC(=O)c1ccccc1F. The molecule has 0 aliphatic rings. The summed E-state index contributed by atoms with van der Waals surface area (Å²) in [5, 5.41) is 13.5. The van der Waals surface area contributed by atoms with Crippen LogP contribution in [0.2, 0.25) is 0 Å². The number of hydrogen-bond acceptors (Lipinski definition) is 6. The second-order valence-corrected chi connectivity index (χ2v) is 8.34. The number of hydrogen-bond donors (Lipinski definition) is 2. The first kappa shape index (κ1) is 22.7. The van der Waals surface area contributed by atoms with Crippen molar-refractivity contribution in [1.82, 2.24) is 0 Å². The zero-order valence-corrected chi connectivity index (χ0v) is 17.8. The number of methoxy groups -OCH3 is 1. The van der Waals surface area contributed by atoms with E-state index in [0.29, 0.717) is 5.56 Å². The van der Waals surface area contributed by atoms with Crippen LogP contribution in [0.15, 0.2) is 65.6 Å². The van der Waals surface area contributed by atoms with Gasteiger partial charge in [-0.05, 0) is 42.8 Å². The summed E-state index contributed by atoms with van der Waals surface area (Å²) in [7, 11) is -2.86. The quantitative estimate of drug-likeness (QED) is 0.404. The maximum atomic E-state index is 13.9. The van der Waals surface area contributed by atoms with Gasteiger partial charge in [0.15, 0.2) is 0 Å². The summed E-state index contributed by atoms with van der Waals surface area (Å²) in [5.74, 6) is -1.38. The molecule has 0 bridgehead atoms. The van der Waals surface area contributed by atoms with E-state index >= 15 is 0 Å². The number of nitrogens with one attached hydrogen (secondary N) is 2. The van der Waals surface area contributed by atoms with E-state index in [1.165, 1.54) is 49.6 Å². The summed E-state index contributed by atoms with van der Waals surface area (Å²) in [6, 6.07) is 12.8. The van der Waals surface area contributed by atoms with Crippen LogP contribution in [-0.4, -0.2) is 26.4 Å². The predicted molar refractivity (Wildman–Crippen MR) is 116 cm³/mol. The predicted octanol–water partition coefficient (Wildman–Crippen LogP) is 4.10. The molecule has 0 aliphatic heterocycles. The van der Waals surface area contributed by atoms with Gasteiger partial charge >= 0.3 is 0 Å². The molecule has 0 unspecified atom stereocenters. The molecule has 0 saturated carbocycles. The molecular formula is C21H18FN3O6S. The molecule has 0 fully saturated rings. The number of nitrogens with zero attached hydrogens (tertiary/aromatic N) is 1. The van der Waals surface area contributed by atoms with E-state index in [1.54, 1.807) is 6.92 Å². The third-order valence-corrected chi connectivity index (χ3v) is 5.89. The molecule has 3 aromatic carbocycles. The first-order valence-corrected chi connectivity index (χ1v) is 10.6. The molecule has 0 atom stereocenters. The van der Waals surface area contributed by atoms with E-state index in [-0.39, 0.29) is 33.3 Å². The first-order valence-electron chi connectivity index (χ1n) is 9.14. The topological polar surface area (TPSA) is 128 Å². The Morgan fingerprint density at radius 3 is 2.44 bits per heavy atom.